The summed E-state index contributed by atoms with van der Waals surface area (Å²) in [6.07, 6.45) is 2.22. The van der Waals surface area contributed by atoms with Gasteiger partial charge in [0.05, 0.1) is 30.2 Å². The van der Waals surface area contributed by atoms with Crippen LogP contribution >= 0.6 is 23.2 Å². The molecular weight excluding hydrogens is 607 g/mol. The summed E-state index contributed by atoms with van der Waals surface area (Å²) in [5, 5.41) is 20.5. The van der Waals surface area contributed by atoms with Crippen molar-refractivity contribution in [3.8, 4) is 34.1 Å². The van der Waals surface area contributed by atoms with Gasteiger partial charge in [0.1, 0.15) is 18.5 Å². The van der Waals surface area contributed by atoms with Crippen LogP contribution in [0.3, 0.4) is 0 Å². The number of hydrogen-bond acceptors (Lipinski definition) is 8. The standard InChI is InChI=1S/C30H24Cl2N8O4/c1-43-10-11-44-30(42)34-20-5-2-17(3-6-20)27-28(32)36-29(35-27)25-9-7-22-12-18(13-26(41)40(22)25)23-14-19(31)4-8-24(23)39-16-21(15-33)37-38-39/h2-6,8,12-14,16,25H,7,9-11H2,1H3,(H,34,42)(H,35,36)/t25-/m0/s1. The van der Waals surface area contributed by atoms with E-state index < -0.39 is 6.09 Å². The summed E-state index contributed by atoms with van der Waals surface area (Å²) in [4.78, 5) is 33.3. The maximum atomic E-state index is 13.6. The molecule has 3 aromatic heterocycles. The van der Waals surface area contributed by atoms with Crippen LogP contribution in [-0.4, -0.2) is 55.9 Å². The number of aryl methyl sites for hydroxylation is 1. The zero-order valence-electron chi connectivity index (χ0n) is 23.3. The molecule has 1 aliphatic rings. The number of nitrogens with one attached hydrogen (secondary N) is 2. The van der Waals surface area contributed by atoms with E-state index in [1.165, 1.54) is 18.0 Å². The van der Waals surface area contributed by atoms with E-state index in [4.69, 9.17) is 32.7 Å². The molecule has 0 bridgehead atoms. The van der Waals surface area contributed by atoms with E-state index in [2.05, 4.69) is 25.6 Å². The second kappa shape index (κ2) is 12.3. The highest BCUT2D eigenvalue weighted by Crippen LogP contribution is 2.36. The number of hydrogen-bond donors (Lipinski definition) is 2. The minimum absolute atomic E-state index is 0.149. The number of aromatic amines is 1. The predicted molar refractivity (Wildman–Crippen MR) is 163 cm³/mol. The molecule has 0 fully saturated rings. The van der Waals surface area contributed by atoms with Crippen molar-refractivity contribution in [1.82, 2.24) is 29.5 Å². The summed E-state index contributed by atoms with van der Waals surface area (Å²) in [5.41, 5.74) is 4.70. The Labute approximate surface area is 260 Å². The molecule has 0 saturated carbocycles. The van der Waals surface area contributed by atoms with Crippen LogP contribution in [0.15, 0.2) is 65.6 Å². The van der Waals surface area contributed by atoms with Crippen molar-refractivity contribution in [1.29, 1.82) is 5.26 Å². The molecular formula is C30H24Cl2N8O4. The lowest BCUT2D eigenvalue weighted by atomic mass is 10.0. The molecule has 0 radical (unpaired) electrons. The third-order valence-electron chi connectivity index (χ3n) is 7.19. The number of H-pyrrole nitrogens is 1. The molecule has 2 N–H and O–H groups in total. The highest BCUT2D eigenvalue weighted by Gasteiger charge is 2.29. The van der Waals surface area contributed by atoms with E-state index in [1.807, 2.05) is 12.1 Å². The molecule has 1 amide bonds. The number of pyridine rings is 1. The lowest BCUT2D eigenvalue weighted by Gasteiger charge is -2.15. The number of nitrogens with zero attached hydrogens (tertiary/aromatic N) is 6. The molecule has 2 aromatic carbocycles. The number of imidazole rings is 1. The maximum Gasteiger partial charge on any atom is 0.411 e. The Kier molecular flexibility index (Phi) is 8.17. The Morgan fingerprint density at radius 1 is 1.14 bits per heavy atom. The summed E-state index contributed by atoms with van der Waals surface area (Å²) in [6.45, 7) is 0.458. The van der Waals surface area contributed by atoms with Gasteiger partial charge in [-0.05, 0) is 54.8 Å². The number of carbonyl (C=O) groups is 1. The van der Waals surface area contributed by atoms with Crippen LogP contribution in [0.4, 0.5) is 10.5 Å². The fraction of sp³-hybridized carbons (Fsp3) is 0.200. The monoisotopic (exact) mass is 630 g/mol. The molecule has 222 valence electrons. The number of aromatic nitrogens is 6. The van der Waals surface area contributed by atoms with Crippen LogP contribution in [0.5, 0.6) is 0 Å². The third-order valence-corrected chi connectivity index (χ3v) is 7.70. The van der Waals surface area contributed by atoms with Gasteiger partial charge in [-0.3, -0.25) is 10.1 Å². The third kappa shape index (κ3) is 5.80. The van der Waals surface area contributed by atoms with Gasteiger partial charge in [-0.2, -0.15) is 5.26 Å². The van der Waals surface area contributed by atoms with Gasteiger partial charge in [0.25, 0.3) is 5.56 Å². The minimum atomic E-state index is -0.580. The zero-order valence-corrected chi connectivity index (χ0v) is 24.8. The van der Waals surface area contributed by atoms with Crippen LogP contribution in [0.2, 0.25) is 10.2 Å². The molecule has 0 spiro atoms. The number of rotatable bonds is 8. The summed E-state index contributed by atoms with van der Waals surface area (Å²) in [7, 11) is 1.53. The topological polar surface area (TPSA) is 153 Å². The Morgan fingerprint density at radius 2 is 1.95 bits per heavy atom. The van der Waals surface area contributed by atoms with Gasteiger partial charge in [0.15, 0.2) is 10.8 Å². The first kappa shape index (κ1) is 29.1. The lowest BCUT2D eigenvalue weighted by molar-refractivity contribution is 0.107. The fourth-order valence-corrected chi connectivity index (χ4v) is 5.61. The van der Waals surface area contributed by atoms with E-state index in [0.29, 0.717) is 58.5 Å². The van der Waals surface area contributed by atoms with Gasteiger partial charge in [0, 0.05) is 40.7 Å². The van der Waals surface area contributed by atoms with Crippen molar-refractivity contribution >= 4 is 35.0 Å². The number of methoxy groups -OCH3 is 1. The predicted octanol–water partition coefficient (Wildman–Crippen LogP) is 5.40. The van der Waals surface area contributed by atoms with E-state index in [-0.39, 0.29) is 29.1 Å². The smallest absolute Gasteiger partial charge is 0.411 e. The largest absolute Gasteiger partial charge is 0.447 e. The number of amides is 1. The molecule has 1 aliphatic heterocycles. The number of halogens is 2. The first-order valence-electron chi connectivity index (χ1n) is 13.5. The summed E-state index contributed by atoms with van der Waals surface area (Å²) in [5.74, 6) is 0.567. The molecule has 12 nitrogen and oxygen atoms in total. The van der Waals surface area contributed by atoms with Gasteiger partial charge in [0.2, 0.25) is 0 Å². The summed E-state index contributed by atoms with van der Waals surface area (Å²) in [6, 6.07) is 17.4. The van der Waals surface area contributed by atoms with Gasteiger partial charge in [-0.1, -0.05) is 40.5 Å². The zero-order chi connectivity index (χ0) is 30.8. The van der Waals surface area contributed by atoms with Crippen molar-refractivity contribution in [2.45, 2.75) is 18.9 Å². The number of anilines is 1. The number of carbonyl (C=O) groups excluding carboxylic acids is 1. The van der Waals surface area contributed by atoms with Crippen LogP contribution in [-0.2, 0) is 15.9 Å². The van der Waals surface area contributed by atoms with Crippen molar-refractivity contribution in [2.75, 3.05) is 25.6 Å². The van der Waals surface area contributed by atoms with Crippen LogP contribution in [0.25, 0.3) is 28.1 Å². The van der Waals surface area contributed by atoms with Crippen molar-refractivity contribution in [3.05, 3.63) is 98.5 Å². The Balaban J connectivity index is 1.26. The molecule has 6 rings (SSSR count). The average Bonchev–Trinajstić information content (AvgIpc) is 3.76. The lowest BCUT2D eigenvalue weighted by Crippen LogP contribution is -2.24. The first-order chi connectivity index (χ1) is 21.3. The molecule has 0 unspecified atom stereocenters. The average molecular weight is 631 g/mol. The number of nitriles is 1. The van der Waals surface area contributed by atoms with E-state index in [9.17, 15) is 14.9 Å². The quantitative estimate of drug-likeness (QED) is 0.216. The first-order valence-corrected chi connectivity index (χ1v) is 14.3. The molecule has 5 aromatic rings. The minimum Gasteiger partial charge on any atom is -0.447 e. The summed E-state index contributed by atoms with van der Waals surface area (Å²) < 4.78 is 13.1. The van der Waals surface area contributed by atoms with Gasteiger partial charge < -0.3 is 19.0 Å². The maximum absolute atomic E-state index is 13.6. The highest BCUT2D eigenvalue weighted by atomic mass is 35.5. The van der Waals surface area contributed by atoms with E-state index in [0.717, 1.165) is 11.3 Å². The van der Waals surface area contributed by atoms with Gasteiger partial charge in [-0.25, -0.2) is 14.5 Å². The molecule has 44 heavy (non-hydrogen) atoms. The molecule has 14 heteroatoms. The number of fused-ring (bicyclic) bond motifs is 1. The molecule has 0 aliphatic carbocycles. The molecule has 4 heterocycles. The fourth-order valence-electron chi connectivity index (χ4n) is 5.19. The Bertz CT molecular complexity index is 1960. The van der Waals surface area contributed by atoms with E-state index >= 15 is 0 Å². The molecule has 1 atom stereocenters. The Hall–Kier alpha value is -4.96. The van der Waals surface area contributed by atoms with Crippen molar-refractivity contribution in [3.63, 3.8) is 0 Å². The molecule has 0 saturated heterocycles. The second-order valence-corrected chi connectivity index (χ2v) is 10.7. The van der Waals surface area contributed by atoms with Gasteiger partial charge in [-0.15, -0.1) is 5.10 Å². The SMILES string of the molecule is COCCOC(=O)Nc1ccc(-c2[nH]c([C@@H]3CCc4cc(-c5cc(Cl)ccc5-n5cc(C#N)nn5)cc(=O)n43)nc2Cl)cc1. The highest BCUT2D eigenvalue weighted by molar-refractivity contribution is 6.32. The normalized spacial score (nSPS) is 13.8. The number of benzene rings is 2. The van der Waals surface area contributed by atoms with E-state index in [1.54, 1.807) is 53.1 Å². The number of ether oxygens (including phenoxy) is 2. The van der Waals surface area contributed by atoms with Crippen LogP contribution in [0, 0.1) is 11.3 Å². The second-order valence-electron chi connectivity index (χ2n) is 9.94. The summed E-state index contributed by atoms with van der Waals surface area (Å²) >= 11 is 12.9. The van der Waals surface area contributed by atoms with Crippen LogP contribution in [0.1, 0.15) is 29.7 Å². The van der Waals surface area contributed by atoms with Gasteiger partial charge >= 0.3 is 6.09 Å². The van der Waals surface area contributed by atoms with Crippen molar-refractivity contribution in [2.24, 2.45) is 0 Å². The Morgan fingerprint density at radius 3 is 2.70 bits per heavy atom. The van der Waals surface area contributed by atoms with Crippen molar-refractivity contribution < 1.29 is 14.3 Å². The van der Waals surface area contributed by atoms with Crippen LogP contribution < -0.4 is 10.9 Å².